The Labute approximate surface area is 111 Å². The molecule has 1 aromatic rings. The molecule has 0 N–H and O–H groups in total. The first-order chi connectivity index (χ1) is 7.58. The zero-order chi connectivity index (χ0) is 12.1. The van der Waals surface area contributed by atoms with Gasteiger partial charge in [-0.3, -0.25) is 4.79 Å². The predicted octanol–water partition coefficient (Wildman–Crippen LogP) is 3.54. The summed E-state index contributed by atoms with van der Waals surface area (Å²) in [6, 6.07) is 5.13. The molecule has 0 radical (unpaired) electrons. The minimum absolute atomic E-state index is 0.270. The first-order valence-corrected chi connectivity index (χ1v) is 6.48. The summed E-state index contributed by atoms with van der Waals surface area (Å²) in [5.41, 5.74) is 0. The van der Waals surface area contributed by atoms with Gasteiger partial charge in [-0.25, -0.2) is 0 Å². The van der Waals surface area contributed by atoms with Crippen LogP contribution in [0.4, 0.5) is 0 Å². The molecule has 5 heteroatoms. The molecule has 0 spiro atoms. The van der Waals surface area contributed by atoms with E-state index in [2.05, 4.69) is 31.9 Å². The average Bonchev–Trinajstić information content (AvgIpc) is 2.28. The lowest BCUT2D eigenvalue weighted by molar-refractivity contribution is -0.133. The van der Waals surface area contributed by atoms with Gasteiger partial charge in [0.15, 0.2) is 0 Å². The highest BCUT2D eigenvalue weighted by molar-refractivity contribution is 9.10. The number of esters is 1. The average molecular weight is 352 g/mol. The second-order valence-corrected chi connectivity index (χ2v) is 5.05. The predicted molar refractivity (Wildman–Crippen MR) is 69.3 cm³/mol. The van der Waals surface area contributed by atoms with Crippen molar-refractivity contribution in [3.05, 3.63) is 22.7 Å². The standard InChI is InChI=1S/C11H12Br2O3/c1-3-8(12)11(14)16-7-4-5-10(15-2)9(13)6-7/h4-6,8H,3H2,1-2H3/t8-/m0/s1. The molecule has 0 fully saturated rings. The van der Waals surface area contributed by atoms with Crippen molar-refractivity contribution in [3.63, 3.8) is 0 Å². The third-order valence-electron chi connectivity index (χ3n) is 1.96. The summed E-state index contributed by atoms with van der Waals surface area (Å²) >= 11 is 6.56. The van der Waals surface area contributed by atoms with Crippen molar-refractivity contribution >= 4 is 37.8 Å². The number of halogens is 2. The van der Waals surface area contributed by atoms with E-state index in [-0.39, 0.29) is 10.8 Å². The first-order valence-electron chi connectivity index (χ1n) is 4.77. The zero-order valence-electron chi connectivity index (χ0n) is 9.00. The van der Waals surface area contributed by atoms with E-state index in [0.717, 1.165) is 4.47 Å². The maximum Gasteiger partial charge on any atom is 0.325 e. The smallest absolute Gasteiger partial charge is 0.325 e. The van der Waals surface area contributed by atoms with Gasteiger partial charge < -0.3 is 9.47 Å². The second-order valence-electron chi connectivity index (χ2n) is 3.09. The van der Waals surface area contributed by atoms with Crippen LogP contribution in [0.5, 0.6) is 11.5 Å². The van der Waals surface area contributed by atoms with Crippen LogP contribution in [0.2, 0.25) is 0 Å². The number of ether oxygens (including phenoxy) is 2. The van der Waals surface area contributed by atoms with E-state index in [1.807, 2.05) is 6.92 Å². The Bertz CT molecular complexity index is 379. The number of hydrogen-bond acceptors (Lipinski definition) is 3. The molecule has 16 heavy (non-hydrogen) atoms. The van der Waals surface area contributed by atoms with Gasteiger partial charge in [0.05, 0.1) is 11.6 Å². The lowest BCUT2D eigenvalue weighted by atomic mass is 10.3. The first kappa shape index (κ1) is 13.5. The van der Waals surface area contributed by atoms with Crippen molar-refractivity contribution in [3.8, 4) is 11.5 Å². The summed E-state index contributed by atoms with van der Waals surface area (Å²) in [5, 5.41) is 0. The lowest BCUT2D eigenvalue weighted by Crippen LogP contribution is -2.19. The van der Waals surface area contributed by atoms with Crippen LogP contribution in [-0.2, 0) is 4.79 Å². The van der Waals surface area contributed by atoms with Crippen LogP contribution >= 0.6 is 31.9 Å². The van der Waals surface area contributed by atoms with Crippen molar-refractivity contribution in [2.75, 3.05) is 7.11 Å². The Kier molecular flexibility index (Phi) is 5.28. The molecule has 88 valence electrons. The van der Waals surface area contributed by atoms with E-state index in [4.69, 9.17) is 9.47 Å². The van der Waals surface area contributed by atoms with E-state index in [0.29, 0.717) is 17.9 Å². The normalized spacial score (nSPS) is 12.0. The van der Waals surface area contributed by atoms with Crippen molar-refractivity contribution in [1.82, 2.24) is 0 Å². The van der Waals surface area contributed by atoms with Crippen LogP contribution in [0, 0.1) is 0 Å². The molecule has 0 aliphatic rings. The fourth-order valence-corrected chi connectivity index (χ4v) is 1.67. The number of rotatable bonds is 4. The number of benzene rings is 1. The molecule has 0 unspecified atom stereocenters. The minimum Gasteiger partial charge on any atom is -0.496 e. The van der Waals surface area contributed by atoms with Crippen LogP contribution < -0.4 is 9.47 Å². The van der Waals surface area contributed by atoms with Crippen LogP contribution in [-0.4, -0.2) is 17.9 Å². The fourth-order valence-electron chi connectivity index (χ4n) is 1.06. The Morgan fingerprint density at radius 1 is 1.50 bits per heavy atom. The van der Waals surface area contributed by atoms with Gasteiger partial charge in [-0.15, -0.1) is 0 Å². The van der Waals surface area contributed by atoms with Gasteiger partial charge in [0.1, 0.15) is 16.3 Å². The second kappa shape index (κ2) is 6.25. The number of carbonyl (C=O) groups is 1. The topological polar surface area (TPSA) is 35.5 Å². The fraction of sp³-hybridized carbons (Fsp3) is 0.364. The van der Waals surface area contributed by atoms with Crippen LogP contribution in [0.15, 0.2) is 22.7 Å². The summed E-state index contributed by atoms with van der Waals surface area (Å²) in [7, 11) is 1.58. The highest BCUT2D eigenvalue weighted by Crippen LogP contribution is 2.29. The van der Waals surface area contributed by atoms with Crippen LogP contribution in [0.3, 0.4) is 0 Å². The van der Waals surface area contributed by atoms with Gasteiger partial charge in [0, 0.05) is 0 Å². The molecule has 0 bridgehead atoms. The third kappa shape index (κ3) is 3.49. The summed E-state index contributed by atoms with van der Waals surface area (Å²) in [6.45, 7) is 1.91. The van der Waals surface area contributed by atoms with E-state index >= 15 is 0 Å². The number of hydrogen-bond donors (Lipinski definition) is 0. The molecule has 0 saturated heterocycles. The molecule has 0 saturated carbocycles. The summed E-state index contributed by atoms with van der Waals surface area (Å²) in [4.78, 5) is 11.2. The maximum absolute atomic E-state index is 11.5. The molecular weight excluding hydrogens is 340 g/mol. The monoisotopic (exact) mass is 350 g/mol. The molecule has 1 aromatic carbocycles. The summed E-state index contributed by atoms with van der Waals surface area (Å²) < 4.78 is 11.0. The van der Waals surface area contributed by atoms with Crippen LogP contribution in [0.25, 0.3) is 0 Å². The van der Waals surface area contributed by atoms with Gasteiger partial charge in [-0.1, -0.05) is 22.9 Å². The molecule has 1 atom stereocenters. The highest BCUT2D eigenvalue weighted by Gasteiger charge is 2.15. The highest BCUT2D eigenvalue weighted by atomic mass is 79.9. The largest absolute Gasteiger partial charge is 0.496 e. The molecule has 1 rings (SSSR count). The molecule has 0 heterocycles. The number of alkyl halides is 1. The number of carbonyl (C=O) groups excluding carboxylic acids is 1. The molecule has 0 aliphatic carbocycles. The summed E-state index contributed by atoms with van der Waals surface area (Å²) in [6.07, 6.45) is 0.691. The van der Waals surface area contributed by atoms with Gasteiger partial charge in [0.25, 0.3) is 0 Å². The SMILES string of the molecule is CC[C@H](Br)C(=O)Oc1ccc(OC)c(Br)c1. The van der Waals surface area contributed by atoms with Crippen molar-refractivity contribution < 1.29 is 14.3 Å². The van der Waals surface area contributed by atoms with Gasteiger partial charge in [-0.05, 0) is 40.5 Å². The zero-order valence-corrected chi connectivity index (χ0v) is 12.2. The summed E-state index contributed by atoms with van der Waals surface area (Å²) in [5.74, 6) is 0.904. The molecule has 0 amide bonds. The van der Waals surface area contributed by atoms with Crippen molar-refractivity contribution in [2.24, 2.45) is 0 Å². The maximum atomic E-state index is 11.5. The Morgan fingerprint density at radius 2 is 2.19 bits per heavy atom. The van der Waals surface area contributed by atoms with Crippen LogP contribution in [0.1, 0.15) is 13.3 Å². The Morgan fingerprint density at radius 3 is 2.69 bits per heavy atom. The van der Waals surface area contributed by atoms with Gasteiger partial charge in [0.2, 0.25) is 0 Å². The molecule has 3 nitrogen and oxygen atoms in total. The molecule has 0 aliphatic heterocycles. The lowest BCUT2D eigenvalue weighted by Gasteiger charge is -2.09. The van der Waals surface area contributed by atoms with Gasteiger partial charge >= 0.3 is 5.97 Å². The van der Waals surface area contributed by atoms with Crippen molar-refractivity contribution in [2.45, 2.75) is 18.2 Å². The molecular formula is C11H12Br2O3. The quantitative estimate of drug-likeness (QED) is 0.473. The Balaban J connectivity index is 2.75. The van der Waals surface area contributed by atoms with E-state index in [1.54, 1.807) is 25.3 Å². The molecule has 0 aromatic heterocycles. The Hall–Kier alpha value is -0.550. The van der Waals surface area contributed by atoms with E-state index in [1.165, 1.54) is 0 Å². The minimum atomic E-state index is -0.292. The van der Waals surface area contributed by atoms with E-state index < -0.39 is 0 Å². The number of methoxy groups -OCH3 is 1. The van der Waals surface area contributed by atoms with Gasteiger partial charge in [-0.2, -0.15) is 0 Å². The van der Waals surface area contributed by atoms with E-state index in [9.17, 15) is 4.79 Å². The third-order valence-corrected chi connectivity index (χ3v) is 3.60. The van der Waals surface area contributed by atoms with Crippen molar-refractivity contribution in [1.29, 1.82) is 0 Å².